The summed E-state index contributed by atoms with van der Waals surface area (Å²) in [6, 6.07) is 14.0. The van der Waals surface area contributed by atoms with Crippen LogP contribution in [0.4, 0.5) is 0 Å². The van der Waals surface area contributed by atoms with Gasteiger partial charge < -0.3 is 9.84 Å². The SMILES string of the molecule is Cc1cccc(CO)c1OCc1ccc(I)cc1. The molecule has 0 aliphatic carbocycles. The maximum absolute atomic E-state index is 9.30. The summed E-state index contributed by atoms with van der Waals surface area (Å²) in [5.74, 6) is 0.790. The number of halogens is 1. The van der Waals surface area contributed by atoms with Gasteiger partial charge in [-0.15, -0.1) is 0 Å². The van der Waals surface area contributed by atoms with Crippen molar-refractivity contribution >= 4 is 22.6 Å². The van der Waals surface area contributed by atoms with Crippen LogP contribution in [0.5, 0.6) is 5.75 Å². The molecule has 94 valence electrons. The number of rotatable bonds is 4. The highest BCUT2D eigenvalue weighted by molar-refractivity contribution is 14.1. The molecular weight excluding hydrogens is 339 g/mol. The van der Waals surface area contributed by atoms with E-state index in [0.717, 1.165) is 22.4 Å². The highest BCUT2D eigenvalue weighted by Gasteiger charge is 2.06. The molecule has 1 N–H and O–H groups in total. The number of hydrogen-bond donors (Lipinski definition) is 1. The van der Waals surface area contributed by atoms with Gasteiger partial charge in [0, 0.05) is 9.13 Å². The van der Waals surface area contributed by atoms with E-state index in [9.17, 15) is 5.11 Å². The van der Waals surface area contributed by atoms with Crippen molar-refractivity contribution in [3.8, 4) is 5.75 Å². The summed E-state index contributed by atoms with van der Waals surface area (Å²) in [7, 11) is 0. The highest BCUT2D eigenvalue weighted by atomic mass is 127. The van der Waals surface area contributed by atoms with Gasteiger partial charge in [0.2, 0.25) is 0 Å². The maximum Gasteiger partial charge on any atom is 0.128 e. The Labute approximate surface area is 121 Å². The van der Waals surface area contributed by atoms with E-state index in [1.54, 1.807) is 0 Å². The predicted molar refractivity (Wildman–Crippen MR) is 80.6 cm³/mol. The van der Waals surface area contributed by atoms with Crippen molar-refractivity contribution in [2.45, 2.75) is 20.1 Å². The zero-order valence-electron chi connectivity index (χ0n) is 10.2. The van der Waals surface area contributed by atoms with E-state index in [1.807, 2.05) is 25.1 Å². The van der Waals surface area contributed by atoms with E-state index in [2.05, 4.69) is 46.9 Å². The molecule has 0 heterocycles. The Bertz CT molecular complexity index is 521. The lowest BCUT2D eigenvalue weighted by Gasteiger charge is -2.13. The second-order valence-corrected chi connectivity index (χ2v) is 5.38. The van der Waals surface area contributed by atoms with E-state index in [-0.39, 0.29) is 6.61 Å². The van der Waals surface area contributed by atoms with Crippen LogP contribution in [-0.2, 0) is 13.2 Å². The molecule has 2 rings (SSSR count). The summed E-state index contributed by atoms with van der Waals surface area (Å²) in [5, 5.41) is 9.30. The van der Waals surface area contributed by atoms with Gasteiger partial charge in [0.15, 0.2) is 0 Å². The number of aryl methyl sites for hydroxylation is 1. The van der Waals surface area contributed by atoms with Crippen LogP contribution in [0.3, 0.4) is 0 Å². The van der Waals surface area contributed by atoms with Gasteiger partial charge >= 0.3 is 0 Å². The predicted octanol–water partition coefficient (Wildman–Crippen LogP) is 3.67. The first-order valence-electron chi connectivity index (χ1n) is 5.77. The number of hydrogen-bond acceptors (Lipinski definition) is 2. The van der Waals surface area contributed by atoms with Crippen LogP contribution >= 0.6 is 22.6 Å². The van der Waals surface area contributed by atoms with Crippen molar-refractivity contribution in [1.82, 2.24) is 0 Å². The molecule has 0 unspecified atom stereocenters. The van der Waals surface area contributed by atoms with Gasteiger partial charge in [-0.1, -0.05) is 30.3 Å². The minimum Gasteiger partial charge on any atom is -0.488 e. The first-order valence-corrected chi connectivity index (χ1v) is 6.85. The van der Waals surface area contributed by atoms with Gasteiger partial charge in [0.1, 0.15) is 12.4 Å². The second-order valence-electron chi connectivity index (χ2n) is 4.14. The third-order valence-corrected chi connectivity index (χ3v) is 3.48. The van der Waals surface area contributed by atoms with E-state index >= 15 is 0 Å². The van der Waals surface area contributed by atoms with Gasteiger partial charge in [-0.2, -0.15) is 0 Å². The third kappa shape index (κ3) is 3.23. The average molecular weight is 354 g/mol. The molecule has 0 atom stereocenters. The molecule has 0 saturated carbocycles. The van der Waals surface area contributed by atoms with Crippen molar-refractivity contribution in [3.05, 3.63) is 62.7 Å². The summed E-state index contributed by atoms with van der Waals surface area (Å²) in [4.78, 5) is 0. The first kappa shape index (κ1) is 13.4. The van der Waals surface area contributed by atoms with Crippen molar-refractivity contribution in [2.75, 3.05) is 0 Å². The molecule has 0 aromatic heterocycles. The Kier molecular flexibility index (Phi) is 4.60. The molecule has 0 aliphatic rings. The molecule has 0 bridgehead atoms. The van der Waals surface area contributed by atoms with Crippen LogP contribution in [0, 0.1) is 10.5 Å². The molecule has 0 amide bonds. The van der Waals surface area contributed by atoms with Crippen molar-refractivity contribution < 1.29 is 9.84 Å². The van der Waals surface area contributed by atoms with Crippen LogP contribution in [0.15, 0.2) is 42.5 Å². The van der Waals surface area contributed by atoms with Crippen LogP contribution in [0.2, 0.25) is 0 Å². The summed E-state index contributed by atoms with van der Waals surface area (Å²) in [6.45, 7) is 2.51. The first-order chi connectivity index (χ1) is 8.70. The zero-order chi connectivity index (χ0) is 13.0. The fraction of sp³-hybridized carbons (Fsp3) is 0.200. The van der Waals surface area contributed by atoms with Gasteiger partial charge in [-0.05, 0) is 52.8 Å². The van der Waals surface area contributed by atoms with E-state index in [0.29, 0.717) is 6.61 Å². The van der Waals surface area contributed by atoms with Crippen LogP contribution in [0.25, 0.3) is 0 Å². The van der Waals surface area contributed by atoms with Crippen LogP contribution < -0.4 is 4.74 Å². The number of aliphatic hydroxyl groups is 1. The van der Waals surface area contributed by atoms with Crippen molar-refractivity contribution in [3.63, 3.8) is 0 Å². The van der Waals surface area contributed by atoms with E-state index in [1.165, 1.54) is 3.57 Å². The van der Waals surface area contributed by atoms with Gasteiger partial charge in [-0.3, -0.25) is 0 Å². The van der Waals surface area contributed by atoms with Crippen LogP contribution in [-0.4, -0.2) is 5.11 Å². The Balaban J connectivity index is 2.12. The molecular formula is C15H15IO2. The molecule has 2 aromatic carbocycles. The fourth-order valence-electron chi connectivity index (χ4n) is 1.78. The highest BCUT2D eigenvalue weighted by Crippen LogP contribution is 2.24. The lowest BCUT2D eigenvalue weighted by atomic mass is 10.1. The normalized spacial score (nSPS) is 10.4. The molecule has 0 fully saturated rings. The third-order valence-electron chi connectivity index (χ3n) is 2.76. The minimum atomic E-state index is 0.00367. The smallest absolute Gasteiger partial charge is 0.128 e. The number of ether oxygens (including phenoxy) is 1. The van der Waals surface area contributed by atoms with Gasteiger partial charge in [0.05, 0.1) is 6.61 Å². The quantitative estimate of drug-likeness (QED) is 0.849. The summed E-state index contributed by atoms with van der Waals surface area (Å²) in [5.41, 5.74) is 3.01. The average Bonchev–Trinajstić information content (AvgIpc) is 2.39. The molecule has 0 aliphatic heterocycles. The zero-order valence-corrected chi connectivity index (χ0v) is 12.3. The Morgan fingerprint density at radius 1 is 1.11 bits per heavy atom. The molecule has 3 heteroatoms. The monoisotopic (exact) mass is 354 g/mol. The molecule has 2 aromatic rings. The lowest BCUT2D eigenvalue weighted by Crippen LogP contribution is -2.00. The lowest BCUT2D eigenvalue weighted by molar-refractivity contribution is 0.258. The van der Waals surface area contributed by atoms with E-state index in [4.69, 9.17) is 4.74 Å². The van der Waals surface area contributed by atoms with Crippen molar-refractivity contribution in [2.24, 2.45) is 0 Å². The molecule has 0 radical (unpaired) electrons. The standard InChI is InChI=1S/C15H15IO2/c1-11-3-2-4-13(9-17)15(11)18-10-12-5-7-14(16)8-6-12/h2-8,17H,9-10H2,1H3. The summed E-state index contributed by atoms with van der Waals surface area (Å²) < 4.78 is 7.03. The minimum absolute atomic E-state index is 0.00367. The van der Waals surface area contributed by atoms with Crippen LogP contribution in [0.1, 0.15) is 16.7 Å². The Morgan fingerprint density at radius 3 is 2.50 bits per heavy atom. The molecule has 0 saturated heterocycles. The second kappa shape index (κ2) is 6.20. The molecule has 2 nitrogen and oxygen atoms in total. The Morgan fingerprint density at radius 2 is 1.83 bits per heavy atom. The van der Waals surface area contributed by atoms with Crippen molar-refractivity contribution in [1.29, 1.82) is 0 Å². The molecule has 0 spiro atoms. The number of benzene rings is 2. The van der Waals surface area contributed by atoms with Gasteiger partial charge in [-0.25, -0.2) is 0 Å². The largest absolute Gasteiger partial charge is 0.488 e. The number of para-hydroxylation sites is 1. The topological polar surface area (TPSA) is 29.5 Å². The summed E-state index contributed by atoms with van der Waals surface area (Å²) in [6.07, 6.45) is 0. The van der Waals surface area contributed by atoms with Gasteiger partial charge in [0.25, 0.3) is 0 Å². The fourth-order valence-corrected chi connectivity index (χ4v) is 2.14. The molecule has 18 heavy (non-hydrogen) atoms. The van der Waals surface area contributed by atoms with E-state index < -0.39 is 0 Å². The summed E-state index contributed by atoms with van der Waals surface area (Å²) >= 11 is 2.28. The number of aliphatic hydroxyl groups excluding tert-OH is 1. The Hall–Kier alpha value is -1.07. The maximum atomic E-state index is 9.30.